The molecule has 1 heteroatoms. The highest BCUT2D eigenvalue weighted by Crippen LogP contribution is 2.27. The summed E-state index contributed by atoms with van der Waals surface area (Å²) in [4.78, 5) is 3.98. The van der Waals surface area contributed by atoms with Crippen LogP contribution in [0.15, 0.2) is 0 Å². The Morgan fingerprint density at radius 2 is 2.43 bits per heavy atom. The van der Waals surface area contributed by atoms with E-state index in [2.05, 4.69) is 10.9 Å². The van der Waals surface area contributed by atoms with E-state index in [1.165, 1.54) is 12.8 Å². The highest BCUT2D eigenvalue weighted by atomic mass is 14.6. The average Bonchev–Trinajstić information content (AvgIpc) is 2.42. The van der Waals surface area contributed by atoms with Gasteiger partial charge in [-0.1, -0.05) is 4.85 Å². The third-order valence-electron chi connectivity index (χ3n) is 1.01. The molecule has 0 spiro atoms. The SMILES string of the molecule is CC[N+]#CC1CC1. The van der Waals surface area contributed by atoms with Gasteiger partial charge in [0.25, 0.3) is 12.6 Å². The summed E-state index contributed by atoms with van der Waals surface area (Å²) in [6.45, 7) is 2.94. The number of hydrogen-bond donors (Lipinski definition) is 0. The molecule has 0 heterocycles. The summed E-state index contributed by atoms with van der Waals surface area (Å²) in [6, 6.07) is 3.03. The molecule has 0 N–H and O–H groups in total. The first-order valence-electron chi connectivity index (χ1n) is 2.85. The standard InChI is InChI=1S/C6H10N/c1-2-7-5-6-3-4-6/h6H,2-4H2,1H3/q+1. The minimum atomic E-state index is 0.736. The molecule has 0 saturated heterocycles. The Balaban J connectivity index is 2.16. The van der Waals surface area contributed by atoms with Gasteiger partial charge in [-0.05, 0) is 12.8 Å². The molecule has 7 heavy (non-hydrogen) atoms. The van der Waals surface area contributed by atoms with Crippen LogP contribution in [0.25, 0.3) is 4.85 Å². The fourth-order valence-electron chi connectivity index (χ4n) is 0.433. The number of hydrogen-bond acceptors (Lipinski definition) is 0. The van der Waals surface area contributed by atoms with Crippen molar-refractivity contribution in [2.24, 2.45) is 5.92 Å². The van der Waals surface area contributed by atoms with Gasteiger partial charge in [-0.2, -0.15) is 0 Å². The van der Waals surface area contributed by atoms with Crippen LogP contribution >= 0.6 is 0 Å². The van der Waals surface area contributed by atoms with Gasteiger partial charge in [-0.25, -0.2) is 0 Å². The van der Waals surface area contributed by atoms with Gasteiger partial charge in [0.1, 0.15) is 0 Å². The first kappa shape index (κ1) is 4.64. The van der Waals surface area contributed by atoms with Gasteiger partial charge in [0, 0.05) is 6.92 Å². The molecule has 0 atom stereocenters. The molecule has 0 aromatic rings. The van der Waals surface area contributed by atoms with Crippen molar-refractivity contribution in [3.8, 4) is 6.07 Å². The maximum absolute atomic E-state index is 3.98. The summed E-state index contributed by atoms with van der Waals surface area (Å²) in [6.07, 6.45) is 2.65. The van der Waals surface area contributed by atoms with Crippen LogP contribution < -0.4 is 0 Å². The van der Waals surface area contributed by atoms with Crippen LogP contribution in [0, 0.1) is 12.0 Å². The first-order chi connectivity index (χ1) is 3.43. The molecule has 38 valence electrons. The van der Waals surface area contributed by atoms with E-state index in [0.717, 1.165) is 12.5 Å². The zero-order valence-electron chi connectivity index (χ0n) is 4.65. The van der Waals surface area contributed by atoms with E-state index >= 15 is 0 Å². The minimum absolute atomic E-state index is 0.736. The molecule has 1 nitrogen and oxygen atoms in total. The molecule has 0 unspecified atom stereocenters. The van der Waals surface area contributed by atoms with E-state index in [1.807, 2.05) is 6.92 Å². The van der Waals surface area contributed by atoms with Crippen LogP contribution in [0.4, 0.5) is 0 Å². The van der Waals surface area contributed by atoms with Crippen LogP contribution in [0.5, 0.6) is 0 Å². The predicted octanol–water partition coefficient (Wildman–Crippen LogP) is 1.75. The van der Waals surface area contributed by atoms with E-state index in [1.54, 1.807) is 0 Å². The number of rotatable bonds is 0. The summed E-state index contributed by atoms with van der Waals surface area (Å²) >= 11 is 0. The summed E-state index contributed by atoms with van der Waals surface area (Å²) < 4.78 is 0. The van der Waals surface area contributed by atoms with Crippen molar-refractivity contribution < 1.29 is 0 Å². The van der Waals surface area contributed by atoms with Crippen molar-refractivity contribution in [2.75, 3.05) is 6.54 Å². The molecule has 1 aliphatic rings. The first-order valence-corrected chi connectivity index (χ1v) is 2.85. The van der Waals surface area contributed by atoms with Gasteiger partial charge in [0.2, 0.25) is 0 Å². The fourth-order valence-corrected chi connectivity index (χ4v) is 0.433. The van der Waals surface area contributed by atoms with Crippen molar-refractivity contribution in [3.05, 3.63) is 4.85 Å². The lowest BCUT2D eigenvalue weighted by Gasteiger charge is -1.53. The molecular formula is C6H10N+. The van der Waals surface area contributed by atoms with Gasteiger partial charge in [-0.3, -0.25) is 0 Å². The number of nitrogens with zero attached hydrogens (tertiary/aromatic N) is 1. The Morgan fingerprint density at radius 3 is 2.86 bits per heavy atom. The fraction of sp³-hybridized carbons (Fsp3) is 0.833. The van der Waals surface area contributed by atoms with Crippen molar-refractivity contribution in [2.45, 2.75) is 19.8 Å². The normalized spacial score (nSPS) is 17.9. The van der Waals surface area contributed by atoms with Crippen LogP contribution in [0.2, 0.25) is 0 Å². The minimum Gasteiger partial charge on any atom is -0.0837 e. The molecule has 0 aromatic heterocycles. The van der Waals surface area contributed by atoms with Crippen molar-refractivity contribution in [1.82, 2.24) is 0 Å². The average molecular weight is 96.2 g/mol. The maximum Gasteiger partial charge on any atom is 0.276 e. The van der Waals surface area contributed by atoms with Gasteiger partial charge in [0.15, 0.2) is 0 Å². The summed E-state index contributed by atoms with van der Waals surface area (Å²) in [5, 5.41) is 0. The molecular weight excluding hydrogens is 86.1 g/mol. The second-order valence-electron chi connectivity index (χ2n) is 1.88. The van der Waals surface area contributed by atoms with Crippen LogP contribution in [0.1, 0.15) is 19.8 Å². The highest BCUT2D eigenvalue weighted by Gasteiger charge is 2.24. The van der Waals surface area contributed by atoms with Gasteiger partial charge in [-0.15, -0.1) is 0 Å². The molecule has 0 amide bonds. The summed E-state index contributed by atoms with van der Waals surface area (Å²) in [7, 11) is 0. The largest absolute Gasteiger partial charge is 0.276 e. The Kier molecular flexibility index (Phi) is 1.31. The van der Waals surface area contributed by atoms with Crippen LogP contribution in [-0.4, -0.2) is 6.54 Å². The monoisotopic (exact) mass is 96.1 g/mol. The Bertz CT molecular complexity index is 103. The molecule has 0 aliphatic heterocycles. The zero-order chi connectivity index (χ0) is 5.11. The smallest absolute Gasteiger partial charge is 0.0837 e. The molecule has 0 bridgehead atoms. The van der Waals surface area contributed by atoms with E-state index in [0.29, 0.717) is 0 Å². The van der Waals surface area contributed by atoms with Crippen molar-refractivity contribution in [1.29, 1.82) is 0 Å². The summed E-state index contributed by atoms with van der Waals surface area (Å²) in [5.74, 6) is 0.736. The lowest BCUT2D eigenvalue weighted by molar-refractivity contribution is 1.16. The summed E-state index contributed by atoms with van der Waals surface area (Å²) in [5.41, 5.74) is 0. The molecule has 1 saturated carbocycles. The van der Waals surface area contributed by atoms with Crippen molar-refractivity contribution in [3.63, 3.8) is 0 Å². The Labute approximate surface area is 44.2 Å². The molecule has 1 rings (SSSR count). The van der Waals surface area contributed by atoms with Gasteiger partial charge in [0.05, 0.1) is 5.92 Å². The van der Waals surface area contributed by atoms with E-state index in [4.69, 9.17) is 0 Å². The quantitative estimate of drug-likeness (QED) is 0.432. The molecule has 1 fully saturated rings. The maximum atomic E-state index is 3.98. The van der Waals surface area contributed by atoms with Crippen molar-refractivity contribution >= 4 is 0 Å². The molecule has 0 aromatic carbocycles. The van der Waals surface area contributed by atoms with Gasteiger partial charge < -0.3 is 0 Å². The van der Waals surface area contributed by atoms with Crippen LogP contribution in [-0.2, 0) is 0 Å². The Morgan fingerprint density at radius 1 is 1.71 bits per heavy atom. The Hall–Kier alpha value is -0.510. The van der Waals surface area contributed by atoms with E-state index in [9.17, 15) is 0 Å². The zero-order valence-corrected chi connectivity index (χ0v) is 4.65. The second-order valence-corrected chi connectivity index (χ2v) is 1.88. The lowest BCUT2D eigenvalue weighted by Crippen LogP contribution is -1.61. The van der Waals surface area contributed by atoms with Gasteiger partial charge >= 0.3 is 0 Å². The van der Waals surface area contributed by atoms with Crippen LogP contribution in [0.3, 0.4) is 0 Å². The third kappa shape index (κ3) is 1.59. The topological polar surface area (TPSA) is 4.36 Å². The molecule has 0 radical (unpaired) electrons. The highest BCUT2D eigenvalue weighted by molar-refractivity contribution is 5.00. The van der Waals surface area contributed by atoms with E-state index < -0.39 is 0 Å². The third-order valence-corrected chi connectivity index (χ3v) is 1.01. The van der Waals surface area contributed by atoms with E-state index in [-0.39, 0.29) is 0 Å². The lowest BCUT2D eigenvalue weighted by atomic mass is 10.5. The molecule has 1 aliphatic carbocycles. The predicted molar refractivity (Wildman–Crippen MR) is 30.5 cm³/mol. The second kappa shape index (κ2) is 1.97.